The maximum Gasteiger partial charge on any atom is 0.0178 e. The first-order chi connectivity index (χ1) is 8.88. The van der Waals surface area contributed by atoms with Gasteiger partial charge in [0.15, 0.2) is 0 Å². The Kier molecular flexibility index (Phi) is 8.26. The number of hydrogen-bond donors (Lipinski definition) is 3. The highest BCUT2D eigenvalue weighted by molar-refractivity contribution is 5.22. The monoisotopic (exact) mass is 249 g/mol. The number of rotatable bonds is 9. The van der Waals surface area contributed by atoms with Crippen LogP contribution in [0.25, 0.3) is 0 Å². The van der Waals surface area contributed by atoms with Crippen LogP contribution in [0.1, 0.15) is 38.5 Å². The third kappa shape index (κ3) is 6.03. The van der Waals surface area contributed by atoms with Gasteiger partial charge in [0.1, 0.15) is 0 Å². The number of nitrogens with one attached hydrogen (secondary N) is 1. The Morgan fingerprint density at radius 2 is 1.67 bits per heavy atom. The maximum absolute atomic E-state index is 5.63. The molecule has 1 unspecified atom stereocenters. The predicted octanol–water partition coefficient (Wildman–Crippen LogP) is 2.42. The van der Waals surface area contributed by atoms with E-state index in [9.17, 15) is 0 Å². The smallest absolute Gasteiger partial charge is 0.0178 e. The molecule has 0 saturated carbocycles. The van der Waals surface area contributed by atoms with Crippen molar-refractivity contribution in [1.29, 1.82) is 0 Å². The van der Waals surface area contributed by atoms with E-state index in [0.29, 0.717) is 5.92 Å². The second-order valence-electron chi connectivity index (χ2n) is 4.78. The van der Waals surface area contributed by atoms with Crippen molar-refractivity contribution in [3.63, 3.8) is 0 Å². The second kappa shape index (κ2) is 9.92. The van der Waals surface area contributed by atoms with E-state index in [1.54, 1.807) is 0 Å². The Morgan fingerprint density at radius 1 is 0.889 bits per heavy atom. The molecule has 3 heteroatoms. The van der Waals surface area contributed by atoms with Crippen molar-refractivity contribution in [2.45, 2.75) is 38.5 Å². The van der Waals surface area contributed by atoms with Crippen molar-refractivity contribution in [3.8, 4) is 0 Å². The Hall–Kier alpha value is -1.06. The highest BCUT2D eigenvalue weighted by Crippen LogP contribution is 2.23. The summed E-state index contributed by atoms with van der Waals surface area (Å²) in [6, 6.07) is 0. The molecule has 0 amide bonds. The van der Waals surface area contributed by atoms with Gasteiger partial charge in [0.25, 0.3) is 0 Å². The molecule has 0 bridgehead atoms. The van der Waals surface area contributed by atoms with Crippen molar-refractivity contribution in [1.82, 2.24) is 5.32 Å². The minimum absolute atomic E-state index is 0.596. The zero-order chi connectivity index (χ0) is 13.1. The summed E-state index contributed by atoms with van der Waals surface area (Å²) in [5.41, 5.74) is 12.5. The molecule has 0 spiro atoms. The van der Waals surface area contributed by atoms with Crippen molar-refractivity contribution < 1.29 is 0 Å². The Labute approximate surface area is 111 Å². The van der Waals surface area contributed by atoms with Gasteiger partial charge in [-0.2, -0.15) is 0 Å². The van der Waals surface area contributed by atoms with Crippen LogP contribution in [0.3, 0.4) is 0 Å². The lowest BCUT2D eigenvalue weighted by Gasteiger charge is -2.20. The molecule has 0 aromatic heterocycles. The van der Waals surface area contributed by atoms with Crippen LogP contribution >= 0.6 is 0 Å². The average molecular weight is 249 g/mol. The van der Waals surface area contributed by atoms with Gasteiger partial charge in [-0.1, -0.05) is 25.0 Å². The topological polar surface area (TPSA) is 64.1 Å². The molecular weight excluding hydrogens is 222 g/mol. The third-order valence-corrected chi connectivity index (χ3v) is 3.30. The highest BCUT2D eigenvalue weighted by Gasteiger charge is 2.13. The largest absolute Gasteiger partial charge is 0.365 e. The van der Waals surface area contributed by atoms with E-state index in [0.717, 1.165) is 25.9 Å². The van der Waals surface area contributed by atoms with E-state index in [4.69, 9.17) is 11.5 Å². The molecule has 1 aliphatic rings. The van der Waals surface area contributed by atoms with Gasteiger partial charge in [0.05, 0.1) is 0 Å². The summed E-state index contributed by atoms with van der Waals surface area (Å²) in [7, 11) is 0. The fraction of sp³-hybridized carbons (Fsp3) is 0.600. The fourth-order valence-corrected chi connectivity index (χ4v) is 2.26. The fourth-order valence-electron chi connectivity index (χ4n) is 2.26. The van der Waals surface area contributed by atoms with Crippen LogP contribution in [-0.2, 0) is 0 Å². The van der Waals surface area contributed by atoms with Gasteiger partial charge in [0, 0.05) is 11.9 Å². The van der Waals surface area contributed by atoms with Crippen molar-refractivity contribution in [2.24, 2.45) is 17.4 Å². The summed E-state index contributed by atoms with van der Waals surface area (Å²) in [6.45, 7) is 1.58. The first kappa shape index (κ1) is 15.0. The van der Waals surface area contributed by atoms with E-state index in [-0.39, 0.29) is 0 Å². The molecule has 102 valence electrons. The summed E-state index contributed by atoms with van der Waals surface area (Å²) < 4.78 is 0. The number of unbranched alkanes of at least 4 members (excludes halogenated alkanes) is 2. The molecule has 0 saturated heterocycles. The molecule has 1 atom stereocenters. The highest BCUT2D eigenvalue weighted by atomic mass is 14.9. The molecule has 18 heavy (non-hydrogen) atoms. The van der Waals surface area contributed by atoms with E-state index in [1.807, 2.05) is 12.3 Å². The lowest BCUT2D eigenvalue weighted by molar-refractivity contribution is 0.458. The molecule has 0 aliphatic carbocycles. The molecule has 3 nitrogen and oxygen atoms in total. The molecule has 0 aromatic rings. The molecule has 0 fully saturated rings. The van der Waals surface area contributed by atoms with Crippen molar-refractivity contribution >= 4 is 0 Å². The number of allylic oxidation sites excluding steroid dienone is 5. The van der Waals surface area contributed by atoms with Crippen LogP contribution in [0.4, 0.5) is 0 Å². The summed E-state index contributed by atoms with van der Waals surface area (Å²) in [5.74, 6) is 0.596. The summed E-state index contributed by atoms with van der Waals surface area (Å²) in [4.78, 5) is 0. The normalized spacial score (nSPS) is 16.0. The van der Waals surface area contributed by atoms with Gasteiger partial charge < -0.3 is 16.8 Å². The Bertz CT molecular complexity index is 292. The summed E-state index contributed by atoms with van der Waals surface area (Å²) in [5, 5.41) is 3.38. The van der Waals surface area contributed by atoms with Gasteiger partial charge in [-0.05, 0) is 56.8 Å². The molecule has 1 rings (SSSR count). The Morgan fingerprint density at radius 3 is 2.44 bits per heavy atom. The van der Waals surface area contributed by atoms with Gasteiger partial charge in [-0.3, -0.25) is 0 Å². The molecule has 1 aliphatic heterocycles. The van der Waals surface area contributed by atoms with Gasteiger partial charge in [-0.25, -0.2) is 0 Å². The van der Waals surface area contributed by atoms with Crippen molar-refractivity contribution in [3.05, 3.63) is 36.2 Å². The van der Waals surface area contributed by atoms with Crippen LogP contribution in [0.5, 0.6) is 0 Å². The number of nitrogens with two attached hydrogens (primary N) is 2. The maximum atomic E-state index is 5.63. The zero-order valence-corrected chi connectivity index (χ0v) is 11.3. The standard InChI is InChI=1S/C15H27N3/c16-11-5-1-3-8-14(9-7-12-17)15-10-4-2-6-13-18-15/h2,4,6,10,13-14,18H,1,3,5,7-9,11-12,16-17H2. The van der Waals surface area contributed by atoms with Gasteiger partial charge >= 0.3 is 0 Å². The first-order valence-corrected chi connectivity index (χ1v) is 7.08. The summed E-state index contributed by atoms with van der Waals surface area (Å²) in [6.07, 6.45) is 17.5. The quantitative estimate of drug-likeness (QED) is 0.550. The summed E-state index contributed by atoms with van der Waals surface area (Å²) >= 11 is 0. The molecule has 5 N–H and O–H groups in total. The first-order valence-electron chi connectivity index (χ1n) is 7.08. The number of hydrogen-bond acceptors (Lipinski definition) is 3. The van der Waals surface area contributed by atoms with Crippen LogP contribution in [-0.4, -0.2) is 13.1 Å². The average Bonchev–Trinajstić information content (AvgIpc) is 2.67. The lowest BCUT2D eigenvalue weighted by atomic mass is 9.92. The predicted molar refractivity (Wildman–Crippen MR) is 78.8 cm³/mol. The SMILES string of the molecule is NCCCCCC(CCCN)C1=CC=CC=CN1. The molecule has 1 heterocycles. The Balaban J connectivity index is 2.45. The van der Waals surface area contributed by atoms with Crippen LogP contribution in [0.15, 0.2) is 36.2 Å². The van der Waals surface area contributed by atoms with E-state index in [2.05, 4.69) is 23.5 Å². The van der Waals surface area contributed by atoms with Gasteiger partial charge in [0.2, 0.25) is 0 Å². The van der Waals surface area contributed by atoms with E-state index in [1.165, 1.54) is 31.4 Å². The molecule has 0 aromatic carbocycles. The van der Waals surface area contributed by atoms with E-state index >= 15 is 0 Å². The lowest BCUT2D eigenvalue weighted by Crippen LogP contribution is -2.17. The van der Waals surface area contributed by atoms with Gasteiger partial charge in [-0.15, -0.1) is 0 Å². The zero-order valence-electron chi connectivity index (χ0n) is 11.3. The van der Waals surface area contributed by atoms with Crippen LogP contribution < -0.4 is 16.8 Å². The molecule has 0 radical (unpaired) electrons. The minimum atomic E-state index is 0.596. The second-order valence-corrected chi connectivity index (χ2v) is 4.78. The minimum Gasteiger partial charge on any atom is -0.365 e. The van der Waals surface area contributed by atoms with Crippen LogP contribution in [0, 0.1) is 5.92 Å². The third-order valence-electron chi connectivity index (χ3n) is 3.30. The van der Waals surface area contributed by atoms with E-state index < -0.39 is 0 Å². The van der Waals surface area contributed by atoms with Crippen LogP contribution in [0.2, 0.25) is 0 Å². The van der Waals surface area contributed by atoms with Crippen molar-refractivity contribution in [2.75, 3.05) is 13.1 Å². The molecular formula is C15H27N3.